The van der Waals surface area contributed by atoms with Crippen molar-refractivity contribution in [3.05, 3.63) is 35.9 Å². The Hall–Kier alpha value is -2.08. The predicted octanol–water partition coefficient (Wildman–Crippen LogP) is 2.37. The Bertz CT molecular complexity index is 624. The van der Waals surface area contributed by atoms with Gasteiger partial charge in [-0.15, -0.1) is 0 Å². The first kappa shape index (κ1) is 22.2. The van der Waals surface area contributed by atoms with Crippen molar-refractivity contribution in [2.24, 2.45) is 10.4 Å². The molecule has 1 aliphatic rings. The largest absolute Gasteiger partial charge is 0.357 e. The van der Waals surface area contributed by atoms with Gasteiger partial charge in [0.05, 0.1) is 6.54 Å². The van der Waals surface area contributed by atoms with Crippen LogP contribution in [0.4, 0.5) is 0 Å². The van der Waals surface area contributed by atoms with E-state index >= 15 is 0 Å². The van der Waals surface area contributed by atoms with Gasteiger partial charge in [-0.05, 0) is 31.9 Å². The van der Waals surface area contributed by atoms with Gasteiger partial charge in [0.25, 0.3) is 0 Å². The number of nitrogens with one attached hydrogen (secondary N) is 3. The summed E-state index contributed by atoms with van der Waals surface area (Å²) in [5, 5.41) is 9.58. The zero-order valence-electron chi connectivity index (χ0n) is 17.9. The molecule has 0 saturated carbocycles. The first-order valence-electron chi connectivity index (χ1n) is 10.5. The number of hydrogen-bond acceptors (Lipinski definition) is 3. The number of hydrogen-bond donors (Lipinski definition) is 3. The molecule has 1 unspecified atom stereocenters. The van der Waals surface area contributed by atoms with Gasteiger partial charge in [0, 0.05) is 37.6 Å². The van der Waals surface area contributed by atoms with Crippen molar-refractivity contribution in [3.63, 3.8) is 0 Å². The Morgan fingerprint density at radius 3 is 2.54 bits per heavy atom. The molecule has 0 aliphatic carbocycles. The second kappa shape index (κ2) is 11.1. The molecule has 1 aromatic rings. The molecule has 6 nitrogen and oxygen atoms in total. The molecular weight excluding hydrogens is 350 g/mol. The Labute approximate surface area is 170 Å². The summed E-state index contributed by atoms with van der Waals surface area (Å²) in [6.07, 6.45) is 2.42. The topological polar surface area (TPSA) is 68.8 Å². The average Bonchev–Trinajstić information content (AvgIpc) is 3.10. The number of rotatable bonds is 8. The van der Waals surface area contributed by atoms with Crippen molar-refractivity contribution in [1.29, 1.82) is 0 Å². The summed E-state index contributed by atoms with van der Waals surface area (Å²) >= 11 is 0. The number of benzene rings is 1. The molecule has 156 valence electrons. The molecule has 0 bridgehead atoms. The van der Waals surface area contributed by atoms with Crippen molar-refractivity contribution >= 4 is 11.9 Å². The molecule has 1 heterocycles. The summed E-state index contributed by atoms with van der Waals surface area (Å²) in [6.45, 7) is 12.8. The zero-order valence-corrected chi connectivity index (χ0v) is 17.9. The van der Waals surface area contributed by atoms with Gasteiger partial charge in [0.1, 0.15) is 0 Å². The van der Waals surface area contributed by atoms with Crippen LogP contribution in [-0.4, -0.2) is 55.5 Å². The fourth-order valence-corrected chi connectivity index (χ4v) is 3.29. The van der Waals surface area contributed by atoms with Gasteiger partial charge in [-0.2, -0.15) is 0 Å². The lowest BCUT2D eigenvalue weighted by Crippen LogP contribution is -2.44. The normalized spacial score (nSPS) is 18.1. The number of amides is 1. The van der Waals surface area contributed by atoms with E-state index in [4.69, 9.17) is 4.99 Å². The molecule has 2 rings (SSSR count). The molecular formula is C22H37N5O. The Kier molecular flexibility index (Phi) is 8.77. The first-order chi connectivity index (χ1) is 13.4. The van der Waals surface area contributed by atoms with Crippen LogP contribution in [0.3, 0.4) is 0 Å². The lowest BCUT2D eigenvalue weighted by Gasteiger charge is -2.23. The third-order valence-corrected chi connectivity index (χ3v) is 4.92. The van der Waals surface area contributed by atoms with Crippen LogP contribution < -0.4 is 16.0 Å². The van der Waals surface area contributed by atoms with Crippen molar-refractivity contribution in [2.75, 3.05) is 32.7 Å². The molecule has 1 atom stereocenters. The zero-order chi connectivity index (χ0) is 20.4. The second-order valence-electron chi connectivity index (χ2n) is 8.40. The number of nitrogens with zero attached hydrogens (tertiary/aromatic N) is 2. The van der Waals surface area contributed by atoms with E-state index in [-0.39, 0.29) is 11.3 Å². The van der Waals surface area contributed by atoms with Crippen LogP contribution in [0.15, 0.2) is 35.3 Å². The molecule has 1 saturated heterocycles. The van der Waals surface area contributed by atoms with E-state index in [0.717, 1.165) is 32.1 Å². The Morgan fingerprint density at radius 2 is 1.86 bits per heavy atom. The van der Waals surface area contributed by atoms with Gasteiger partial charge in [-0.25, -0.2) is 0 Å². The van der Waals surface area contributed by atoms with Gasteiger partial charge in [-0.3, -0.25) is 14.7 Å². The summed E-state index contributed by atoms with van der Waals surface area (Å²) in [5.74, 6) is 0.887. The minimum atomic E-state index is -0.358. The maximum Gasteiger partial charge on any atom is 0.225 e. The molecule has 1 aromatic carbocycles. The van der Waals surface area contributed by atoms with E-state index in [1.807, 2.05) is 20.8 Å². The molecule has 1 fully saturated rings. The van der Waals surface area contributed by atoms with E-state index < -0.39 is 0 Å². The minimum Gasteiger partial charge on any atom is -0.357 e. The number of guanidine groups is 1. The predicted molar refractivity (Wildman–Crippen MR) is 116 cm³/mol. The fraction of sp³-hybridized carbons (Fsp3) is 0.636. The van der Waals surface area contributed by atoms with Gasteiger partial charge in [0.15, 0.2) is 5.96 Å². The molecule has 0 spiro atoms. The van der Waals surface area contributed by atoms with Gasteiger partial charge < -0.3 is 16.0 Å². The number of aliphatic imine (C=N–C) groups is 1. The van der Waals surface area contributed by atoms with Crippen molar-refractivity contribution in [2.45, 2.75) is 53.1 Å². The smallest absolute Gasteiger partial charge is 0.225 e. The highest BCUT2D eigenvalue weighted by molar-refractivity contribution is 5.81. The van der Waals surface area contributed by atoms with E-state index in [2.05, 4.69) is 58.1 Å². The molecule has 0 aromatic heterocycles. The summed E-state index contributed by atoms with van der Waals surface area (Å²) < 4.78 is 0. The lowest BCUT2D eigenvalue weighted by molar-refractivity contribution is -0.128. The van der Waals surface area contributed by atoms with Crippen molar-refractivity contribution in [1.82, 2.24) is 20.9 Å². The van der Waals surface area contributed by atoms with Crippen LogP contribution in [0.5, 0.6) is 0 Å². The molecule has 3 N–H and O–H groups in total. The highest BCUT2D eigenvalue weighted by atomic mass is 16.2. The molecule has 28 heavy (non-hydrogen) atoms. The standard InChI is InChI=1S/C22H37N5O/c1-5-23-21(25-14-13-24-20(28)22(2,3)4)26-16-19-12-9-15-27(19)17-18-10-7-6-8-11-18/h6-8,10-11,19H,5,9,12-17H2,1-4H3,(H,24,28)(H2,23,25,26). The van der Waals surface area contributed by atoms with Crippen LogP contribution in [0.25, 0.3) is 0 Å². The van der Waals surface area contributed by atoms with Crippen LogP contribution in [0.2, 0.25) is 0 Å². The third kappa shape index (κ3) is 7.50. The summed E-state index contributed by atoms with van der Waals surface area (Å²) in [6, 6.07) is 11.1. The van der Waals surface area contributed by atoms with Crippen LogP contribution in [0, 0.1) is 5.41 Å². The lowest BCUT2D eigenvalue weighted by atomic mass is 9.96. The number of likely N-dealkylation sites (tertiary alicyclic amines) is 1. The number of carbonyl (C=O) groups is 1. The van der Waals surface area contributed by atoms with E-state index in [0.29, 0.717) is 19.1 Å². The second-order valence-corrected chi connectivity index (χ2v) is 8.40. The fourth-order valence-electron chi connectivity index (χ4n) is 3.29. The van der Waals surface area contributed by atoms with Gasteiger partial charge in [0.2, 0.25) is 5.91 Å². The maximum atomic E-state index is 11.9. The molecule has 6 heteroatoms. The SMILES string of the molecule is CCNC(=NCC1CCCN1Cc1ccccc1)NCCNC(=O)C(C)(C)C. The maximum absolute atomic E-state index is 11.9. The third-order valence-electron chi connectivity index (χ3n) is 4.92. The average molecular weight is 388 g/mol. The number of carbonyl (C=O) groups excluding carboxylic acids is 1. The Morgan fingerprint density at radius 1 is 1.14 bits per heavy atom. The van der Waals surface area contributed by atoms with E-state index in [1.165, 1.54) is 18.4 Å². The summed E-state index contributed by atoms with van der Waals surface area (Å²) in [7, 11) is 0. The van der Waals surface area contributed by atoms with E-state index in [1.54, 1.807) is 0 Å². The molecule has 1 aliphatic heterocycles. The summed E-state index contributed by atoms with van der Waals surface area (Å²) in [5.41, 5.74) is 1.00. The van der Waals surface area contributed by atoms with Crippen LogP contribution >= 0.6 is 0 Å². The molecule has 1 amide bonds. The molecule has 0 radical (unpaired) electrons. The van der Waals surface area contributed by atoms with Gasteiger partial charge in [-0.1, -0.05) is 51.1 Å². The van der Waals surface area contributed by atoms with E-state index in [9.17, 15) is 4.79 Å². The Balaban J connectivity index is 1.81. The monoisotopic (exact) mass is 387 g/mol. The summed E-state index contributed by atoms with van der Waals surface area (Å²) in [4.78, 5) is 19.3. The van der Waals surface area contributed by atoms with Crippen LogP contribution in [0.1, 0.15) is 46.1 Å². The minimum absolute atomic E-state index is 0.0683. The highest BCUT2D eigenvalue weighted by Gasteiger charge is 2.24. The highest BCUT2D eigenvalue weighted by Crippen LogP contribution is 2.20. The quantitative estimate of drug-likeness (QED) is 0.364. The van der Waals surface area contributed by atoms with Crippen molar-refractivity contribution < 1.29 is 4.79 Å². The van der Waals surface area contributed by atoms with Crippen LogP contribution in [-0.2, 0) is 11.3 Å². The first-order valence-corrected chi connectivity index (χ1v) is 10.5. The van der Waals surface area contributed by atoms with Gasteiger partial charge >= 0.3 is 0 Å². The van der Waals surface area contributed by atoms with Crippen molar-refractivity contribution in [3.8, 4) is 0 Å².